The number of carbonyl (C=O) groups excluding carboxylic acids is 1. The Balaban J connectivity index is 2.62. The summed E-state index contributed by atoms with van der Waals surface area (Å²) < 4.78 is 0. The van der Waals surface area contributed by atoms with Gasteiger partial charge in [-0.05, 0) is 12.0 Å². The minimum atomic E-state index is -0.702. The third-order valence-corrected chi connectivity index (χ3v) is 1.92. The van der Waals surface area contributed by atoms with Crippen molar-refractivity contribution < 1.29 is 9.90 Å². The monoisotopic (exact) mass is 178 g/mol. The molecule has 0 aliphatic heterocycles. The van der Waals surface area contributed by atoms with Crippen LogP contribution in [0.5, 0.6) is 0 Å². The van der Waals surface area contributed by atoms with Crippen LogP contribution >= 0.6 is 0 Å². The molecule has 0 fully saturated rings. The first-order valence-electron chi connectivity index (χ1n) is 4.14. The molecule has 0 saturated heterocycles. The number of amides is 1. The summed E-state index contributed by atoms with van der Waals surface area (Å²) in [5, 5.41) is 8.82. The number of rotatable bonds is 4. The molecule has 2 N–H and O–H groups in total. The summed E-state index contributed by atoms with van der Waals surface area (Å²) in [6, 6.07) is 9.40. The van der Waals surface area contributed by atoms with Crippen LogP contribution in [-0.2, 0) is 11.2 Å². The second-order valence-corrected chi connectivity index (χ2v) is 2.93. The maximum atomic E-state index is 10.7. The summed E-state index contributed by atoms with van der Waals surface area (Å²) >= 11 is 0. The fourth-order valence-electron chi connectivity index (χ4n) is 1.14. The number of hydrogen-bond donors (Lipinski definition) is 1. The Morgan fingerprint density at radius 2 is 2.00 bits per heavy atom. The van der Waals surface area contributed by atoms with Gasteiger partial charge in [-0.2, -0.15) is 0 Å². The highest BCUT2D eigenvalue weighted by atomic mass is 16.3. The molecule has 3 nitrogen and oxygen atoms in total. The van der Waals surface area contributed by atoms with Crippen LogP contribution in [0.4, 0.5) is 0 Å². The van der Waals surface area contributed by atoms with Crippen molar-refractivity contribution in [2.24, 2.45) is 5.92 Å². The van der Waals surface area contributed by atoms with Gasteiger partial charge in [0, 0.05) is 0 Å². The summed E-state index contributed by atoms with van der Waals surface area (Å²) in [5.74, 6) is -1.28. The van der Waals surface area contributed by atoms with Gasteiger partial charge in [0.25, 0.3) is 0 Å². The van der Waals surface area contributed by atoms with Gasteiger partial charge in [-0.3, -0.25) is 10.5 Å². The molecule has 1 aromatic carbocycles. The molecule has 3 heteroatoms. The Bertz CT molecular complexity index is 272. The Morgan fingerprint density at radius 3 is 2.46 bits per heavy atom. The SMILES string of the molecule is [NH]C(=O)C(CO)Cc1ccccc1. The van der Waals surface area contributed by atoms with Crippen molar-refractivity contribution >= 4 is 5.91 Å². The van der Waals surface area contributed by atoms with Crippen LogP contribution in [0.25, 0.3) is 0 Å². The highest BCUT2D eigenvalue weighted by Crippen LogP contribution is 2.07. The number of benzene rings is 1. The van der Waals surface area contributed by atoms with Crippen LogP contribution in [0.3, 0.4) is 0 Å². The van der Waals surface area contributed by atoms with E-state index in [0.29, 0.717) is 6.42 Å². The van der Waals surface area contributed by atoms with Crippen molar-refractivity contribution in [3.63, 3.8) is 0 Å². The molecule has 0 heterocycles. The quantitative estimate of drug-likeness (QED) is 0.735. The molecule has 0 bridgehead atoms. The van der Waals surface area contributed by atoms with E-state index >= 15 is 0 Å². The molecule has 1 amide bonds. The van der Waals surface area contributed by atoms with Crippen molar-refractivity contribution in [2.75, 3.05) is 6.61 Å². The van der Waals surface area contributed by atoms with Gasteiger partial charge < -0.3 is 5.11 Å². The predicted octanol–water partition coefficient (Wildman–Crippen LogP) is 0.647. The van der Waals surface area contributed by atoms with Gasteiger partial charge in [0.05, 0.1) is 12.5 Å². The molecule has 1 radical (unpaired) electrons. The van der Waals surface area contributed by atoms with Gasteiger partial charge in [0.1, 0.15) is 0 Å². The van der Waals surface area contributed by atoms with Crippen LogP contribution in [0, 0.1) is 5.92 Å². The van der Waals surface area contributed by atoms with Crippen molar-refractivity contribution in [3.8, 4) is 0 Å². The molecule has 1 aromatic rings. The van der Waals surface area contributed by atoms with E-state index in [-0.39, 0.29) is 6.61 Å². The van der Waals surface area contributed by atoms with Gasteiger partial charge in [0.2, 0.25) is 5.91 Å². The van der Waals surface area contributed by atoms with Gasteiger partial charge in [-0.1, -0.05) is 30.3 Å². The zero-order valence-electron chi connectivity index (χ0n) is 7.23. The highest BCUT2D eigenvalue weighted by molar-refractivity contribution is 5.76. The first-order valence-corrected chi connectivity index (χ1v) is 4.14. The lowest BCUT2D eigenvalue weighted by Crippen LogP contribution is -2.21. The van der Waals surface area contributed by atoms with E-state index < -0.39 is 11.8 Å². The zero-order valence-corrected chi connectivity index (χ0v) is 7.23. The number of aliphatic hydroxyl groups excluding tert-OH is 1. The van der Waals surface area contributed by atoms with Gasteiger partial charge in [0.15, 0.2) is 0 Å². The second-order valence-electron chi connectivity index (χ2n) is 2.93. The van der Waals surface area contributed by atoms with Gasteiger partial charge in [-0.25, -0.2) is 0 Å². The molecule has 69 valence electrons. The molecular formula is C10H12NO2. The standard InChI is InChI=1S/C10H12NO2/c11-10(13)9(7-12)6-8-4-2-1-3-5-8/h1-5,9,11-12H,6-7H2. The molecule has 13 heavy (non-hydrogen) atoms. The average molecular weight is 178 g/mol. The lowest BCUT2D eigenvalue weighted by atomic mass is 10.00. The summed E-state index contributed by atoms with van der Waals surface area (Å²) in [6.07, 6.45) is 0.444. The molecule has 1 rings (SSSR count). The van der Waals surface area contributed by atoms with Gasteiger partial charge >= 0.3 is 0 Å². The van der Waals surface area contributed by atoms with E-state index in [2.05, 4.69) is 0 Å². The average Bonchev–Trinajstić information content (AvgIpc) is 2.15. The van der Waals surface area contributed by atoms with Crippen LogP contribution in [-0.4, -0.2) is 17.6 Å². The van der Waals surface area contributed by atoms with Crippen LogP contribution in [0.15, 0.2) is 30.3 Å². The molecule has 0 aliphatic rings. The topological polar surface area (TPSA) is 61.1 Å². The Morgan fingerprint density at radius 1 is 1.38 bits per heavy atom. The highest BCUT2D eigenvalue weighted by Gasteiger charge is 2.14. The minimum absolute atomic E-state index is 0.253. The van der Waals surface area contributed by atoms with Crippen LogP contribution in [0.2, 0.25) is 0 Å². The van der Waals surface area contributed by atoms with Crippen molar-refractivity contribution in [2.45, 2.75) is 6.42 Å². The van der Waals surface area contributed by atoms with Crippen molar-refractivity contribution in [1.82, 2.24) is 5.73 Å². The summed E-state index contributed by atoms with van der Waals surface area (Å²) in [4.78, 5) is 10.7. The molecular weight excluding hydrogens is 166 g/mol. The smallest absolute Gasteiger partial charge is 0.244 e. The Labute approximate surface area is 77.2 Å². The maximum absolute atomic E-state index is 10.7. The predicted molar refractivity (Wildman–Crippen MR) is 48.8 cm³/mol. The Hall–Kier alpha value is -1.35. The Kier molecular flexibility index (Phi) is 3.46. The molecule has 0 spiro atoms. The molecule has 1 atom stereocenters. The van der Waals surface area contributed by atoms with E-state index in [4.69, 9.17) is 10.8 Å². The van der Waals surface area contributed by atoms with Crippen molar-refractivity contribution in [3.05, 3.63) is 35.9 Å². The fraction of sp³-hybridized carbons (Fsp3) is 0.300. The largest absolute Gasteiger partial charge is 0.396 e. The van der Waals surface area contributed by atoms with E-state index in [1.54, 1.807) is 0 Å². The van der Waals surface area contributed by atoms with E-state index in [9.17, 15) is 4.79 Å². The molecule has 0 aliphatic carbocycles. The number of nitrogens with one attached hydrogen (secondary N) is 1. The normalized spacial score (nSPS) is 12.4. The summed E-state index contributed by atoms with van der Waals surface area (Å²) in [5.41, 5.74) is 7.86. The third kappa shape index (κ3) is 2.87. The first-order chi connectivity index (χ1) is 6.24. The van der Waals surface area contributed by atoms with E-state index in [0.717, 1.165) is 5.56 Å². The lowest BCUT2D eigenvalue weighted by Gasteiger charge is -2.08. The van der Waals surface area contributed by atoms with Crippen LogP contribution in [0.1, 0.15) is 5.56 Å². The number of carbonyl (C=O) groups is 1. The van der Waals surface area contributed by atoms with Gasteiger partial charge in [-0.15, -0.1) is 0 Å². The number of hydrogen-bond acceptors (Lipinski definition) is 2. The lowest BCUT2D eigenvalue weighted by molar-refractivity contribution is -0.123. The zero-order chi connectivity index (χ0) is 9.68. The fourth-order valence-corrected chi connectivity index (χ4v) is 1.14. The molecule has 0 aromatic heterocycles. The first kappa shape index (κ1) is 9.74. The molecule has 0 saturated carbocycles. The summed E-state index contributed by atoms with van der Waals surface area (Å²) in [6.45, 7) is -0.253. The van der Waals surface area contributed by atoms with Crippen LogP contribution < -0.4 is 5.73 Å². The second kappa shape index (κ2) is 4.62. The maximum Gasteiger partial charge on any atom is 0.244 e. The van der Waals surface area contributed by atoms with E-state index in [1.807, 2.05) is 30.3 Å². The van der Waals surface area contributed by atoms with Crippen molar-refractivity contribution in [1.29, 1.82) is 0 Å². The molecule has 1 unspecified atom stereocenters. The minimum Gasteiger partial charge on any atom is -0.396 e. The van der Waals surface area contributed by atoms with E-state index in [1.165, 1.54) is 0 Å². The summed E-state index contributed by atoms with van der Waals surface area (Å²) in [7, 11) is 0. The number of aliphatic hydroxyl groups is 1. The third-order valence-electron chi connectivity index (χ3n) is 1.92.